The fourth-order valence-electron chi connectivity index (χ4n) is 2.31. The molecule has 1 atom stereocenters. The number of aromatic nitrogens is 2. The first-order chi connectivity index (χ1) is 9.80. The van der Waals surface area contributed by atoms with Gasteiger partial charge < -0.3 is 5.32 Å². The van der Waals surface area contributed by atoms with Crippen molar-refractivity contribution in [3.8, 4) is 5.69 Å². The standard InChI is InChI=1S/C18H27N3/c1-13-17(12-19-15(3)18(4,5)6)14(2)21(20-13)16-10-8-7-9-11-16/h7-11,15,19H,12H2,1-6H3. The minimum Gasteiger partial charge on any atom is -0.310 e. The maximum atomic E-state index is 4.70. The van der Waals surface area contributed by atoms with Gasteiger partial charge in [-0.15, -0.1) is 0 Å². The monoisotopic (exact) mass is 285 g/mol. The van der Waals surface area contributed by atoms with Crippen LogP contribution in [-0.4, -0.2) is 15.8 Å². The van der Waals surface area contributed by atoms with Crippen molar-refractivity contribution >= 4 is 0 Å². The van der Waals surface area contributed by atoms with E-state index in [-0.39, 0.29) is 5.41 Å². The van der Waals surface area contributed by atoms with Crippen molar-refractivity contribution in [1.82, 2.24) is 15.1 Å². The largest absolute Gasteiger partial charge is 0.310 e. The van der Waals surface area contributed by atoms with Crippen LogP contribution in [0.25, 0.3) is 5.69 Å². The molecule has 0 radical (unpaired) electrons. The van der Waals surface area contributed by atoms with Crippen molar-refractivity contribution in [3.05, 3.63) is 47.3 Å². The number of nitrogens with one attached hydrogen (secondary N) is 1. The molecule has 0 aliphatic carbocycles. The van der Waals surface area contributed by atoms with E-state index in [4.69, 9.17) is 5.10 Å². The Morgan fingerprint density at radius 1 is 1.14 bits per heavy atom. The number of rotatable bonds is 4. The van der Waals surface area contributed by atoms with Crippen LogP contribution in [-0.2, 0) is 6.54 Å². The SMILES string of the molecule is Cc1nn(-c2ccccc2)c(C)c1CNC(C)C(C)(C)C. The summed E-state index contributed by atoms with van der Waals surface area (Å²) in [4.78, 5) is 0. The summed E-state index contributed by atoms with van der Waals surface area (Å²) in [5.74, 6) is 0. The van der Waals surface area contributed by atoms with Crippen LogP contribution >= 0.6 is 0 Å². The smallest absolute Gasteiger partial charge is 0.0648 e. The Morgan fingerprint density at radius 2 is 1.76 bits per heavy atom. The molecule has 1 aromatic carbocycles. The molecule has 0 spiro atoms. The van der Waals surface area contributed by atoms with E-state index in [9.17, 15) is 0 Å². The number of hydrogen-bond acceptors (Lipinski definition) is 2. The second kappa shape index (κ2) is 6.02. The van der Waals surface area contributed by atoms with Crippen LogP contribution in [0.15, 0.2) is 30.3 Å². The fourth-order valence-corrected chi connectivity index (χ4v) is 2.31. The molecule has 0 saturated carbocycles. The lowest BCUT2D eigenvalue weighted by Crippen LogP contribution is -2.37. The van der Waals surface area contributed by atoms with E-state index in [0.717, 1.165) is 17.9 Å². The number of para-hydroxylation sites is 1. The molecule has 0 aliphatic rings. The first-order valence-corrected chi connectivity index (χ1v) is 7.64. The van der Waals surface area contributed by atoms with Crippen LogP contribution < -0.4 is 5.32 Å². The Bertz CT molecular complexity index is 591. The van der Waals surface area contributed by atoms with E-state index in [1.165, 1.54) is 11.3 Å². The second-order valence-corrected chi connectivity index (χ2v) is 6.87. The minimum atomic E-state index is 0.261. The Hall–Kier alpha value is -1.61. The van der Waals surface area contributed by atoms with E-state index in [0.29, 0.717) is 6.04 Å². The molecule has 0 aliphatic heterocycles. The van der Waals surface area contributed by atoms with Crippen molar-refractivity contribution < 1.29 is 0 Å². The average molecular weight is 285 g/mol. The molecule has 114 valence electrons. The normalized spacial score (nSPS) is 13.4. The summed E-state index contributed by atoms with van der Waals surface area (Å²) in [5, 5.41) is 8.33. The van der Waals surface area contributed by atoms with Gasteiger partial charge in [0.15, 0.2) is 0 Å². The zero-order valence-electron chi connectivity index (χ0n) is 14.1. The highest BCUT2D eigenvalue weighted by molar-refractivity contribution is 5.36. The molecular formula is C18H27N3. The van der Waals surface area contributed by atoms with Gasteiger partial charge in [0, 0.05) is 23.8 Å². The average Bonchev–Trinajstić information content (AvgIpc) is 2.71. The number of hydrogen-bond donors (Lipinski definition) is 1. The molecule has 3 heteroatoms. The molecule has 3 nitrogen and oxygen atoms in total. The molecule has 1 unspecified atom stereocenters. The summed E-state index contributed by atoms with van der Waals surface area (Å²) in [5.41, 5.74) is 5.00. The zero-order valence-corrected chi connectivity index (χ0v) is 14.1. The Balaban J connectivity index is 2.21. The highest BCUT2D eigenvalue weighted by Gasteiger charge is 2.20. The molecule has 2 aromatic rings. The minimum absolute atomic E-state index is 0.261. The molecule has 21 heavy (non-hydrogen) atoms. The van der Waals surface area contributed by atoms with Gasteiger partial charge in [-0.05, 0) is 38.3 Å². The van der Waals surface area contributed by atoms with Crippen molar-refractivity contribution in [3.63, 3.8) is 0 Å². The summed E-state index contributed by atoms with van der Waals surface area (Å²) in [7, 11) is 0. The summed E-state index contributed by atoms with van der Waals surface area (Å²) in [6.45, 7) is 14.1. The lowest BCUT2D eigenvalue weighted by Gasteiger charge is -2.28. The molecule has 1 aromatic heterocycles. The van der Waals surface area contributed by atoms with Gasteiger partial charge in [-0.2, -0.15) is 5.10 Å². The third-order valence-electron chi connectivity index (χ3n) is 4.33. The van der Waals surface area contributed by atoms with Crippen LogP contribution in [0, 0.1) is 19.3 Å². The van der Waals surface area contributed by atoms with Gasteiger partial charge >= 0.3 is 0 Å². The van der Waals surface area contributed by atoms with E-state index < -0.39 is 0 Å². The molecule has 1 heterocycles. The maximum absolute atomic E-state index is 4.70. The van der Waals surface area contributed by atoms with Gasteiger partial charge in [-0.3, -0.25) is 0 Å². The highest BCUT2D eigenvalue weighted by Crippen LogP contribution is 2.21. The molecule has 0 bridgehead atoms. The van der Waals surface area contributed by atoms with Crippen LogP contribution in [0.3, 0.4) is 0 Å². The lowest BCUT2D eigenvalue weighted by atomic mass is 9.88. The number of nitrogens with zero attached hydrogens (tertiary/aromatic N) is 2. The van der Waals surface area contributed by atoms with Crippen molar-refractivity contribution in [2.75, 3.05) is 0 Å². The second-order valence-electron chi connectivity index (χ2n) is 6.87. The van der Waals surface area contributed by atoms with Crippen molar-refractivity contribution in [2.24, 2.45) is 5.41 Å². The Kier molecular flexibility index (Phi) is 4.52. The molecule has 0 fully saturated rings. The van der Waals surface area contributed by atoms with Crippen LogP contribution in [0.2, 0.25) is 0 Å². The molecule has 0 amide bonds. The van der Waals surface area contributed by atoms with Crippen LogP contribution in [0.5, 0.6) is 0 Å². The summed E-state index contributed by atoms with van der Waals surface area (Å²) >= 11 is 0. The first kappa shape index (κ1) is 15.8. The maximum Gasteiger partial charge on any atom is 0.0648 e. The topological polar surface area (TPSA) is 29.9 Å². The Morgan fingerprint density at radius 3 is 2.33 bits per heavy atom. The van der Waals surface area contributed by atoms with Crippen LogP contribution in [0.4, 0.5) is 0 Å². The summed E-state index contributed by atoms with van der Waals surface area (Å²) in [6, 6.07) is 10.8. The molecule has 1 N–H and O–H groups in total. The Labute approximate surface area is 128 Å². The molecular weight excluding hydrogens is 258 g/mol. The highest BCUT2D eigenvalue weighted by atomic mass is 15.3. The van der Waals surface area contributed by atoms with Crippen molar-refractivity contribution in [2.45, 2.75) is 54.1 Å². The summed E-state index contributed by atoms with van der Waals surface area (Å²) < 4.78 is 2.04. The first-order valence-electron chi connectivity index (χ1n) is 7.64. The third kappa shape index (κ3) is 3.53. The van der Waals surface area contributed by atoms with E-state index in [1.54, 1.807) is 0 Å². The van der Waals surface area contributed by atoms with Gasteiger partial charge in [0.05, 0.1) is 11.4 Å². The van der Waals surface area contributed by atoms with Gasteiger partial charge in [0.1, 0.15) is 0 Å². The fraction of sp³-hybridized carbons (Fsp3) is 0.500. The van der Waals surface area contributed by atoms with Crippen LogP contribution in [0.1, 0.15) is 44.6 Å². The molecule has 0 saturated heterocycles. The van der Waals surface area contributed by atoms with Gasteiger partial charge in [-0.25, -0.2) is 4.68 Å². The number of aryl methyl sites for hydroxylation is 1. The van der Waals surface area contributed by atoms with E-state index in [1.807, 2.05) is 22.9 Å². The summed E-state index contributed by atoms with van der Waals surface area (Å²) in [6.07, 6.45) is 0. The predicted molar refractivity (Wildman–Crippen MR) is 88.8 cm³/mol. The lowest BCUT2D eigenvalue weighted by molar-refractivity contribution is 0.285. The van der Waals surface area contributed by atoms with Gasteiger partial charge in [0.25, 0.3) is 0 Å². The quantitative estimate of drug-likeness (QED) is 0.919. The number of benzene rings is 1. The van der Waals surface area contributed by atoms with Gasteiger partial charge in [0.2, 0.25) is 0 Å². The third-order valence-corrected chi connectivity index (χ3v) is 4.33. The zero-order chi connectivity index (χ0) is 15.6. The molecule has 2 rings (SSSR count). The predicted octanol–water partition coefficient (Wildman–Crippen LogP) is 4.01. The van der Waals surface area contributed by atoms with Crippen molar-refractivity contribution in [1.29, 1.82) is 0 Å². The van der Waals surface area contributed by atoms with E-state index >= 15 is 0 Å². The van der Waals surface area contributed by atoms with Gasteiger partial charge in [-0.1, -0.05) is 39.0 Å². The van der Waals surface area contributed by atoms with E-state index in [2.05, 4.69) is 59.0 Å².